The van der Waals surface area contributed by atoms with Crippen molar-refractivity contribution in [2.75, 3.05) is 13.2 Å². The Morgan fingerprint density at radius 3 is 2.02 bits per heavy atom. The first-order valence-electron chi connectivity index (χ1n) is 14.4. The maximum Gasteiger partial charge on any atom is 0.245 e. The first kappa shape index (κ1) is 37.1. The van der Waals surface area contributed by atoms with Crippen molar-refractivity contribution >= 4 is 35.3 Å². The third kappa shape index (κ3) is 14.2. The van der Waals surface area contributed by atoms with Crippen LogP contribution in [0.2, 0.25) is 0 Å². The number of rotatable bonds is 21. The summed E-state index contributed by atoms with van der Waals surface area (Å²) in [5.74, 6) is -3.35. The first-order valence-corrected chi connectivity index (χ1v) is 14.4. The van der Waals surface area contributed by atoms with Gasteiger partial charge < -0.3 is 38.3 Å². The monoisotopic (exact) mass is 609 g/mol. The fourth-order valence-corrected chi connectivity index (χ4v) is 4.25. The number of nitrogens with two attached hydrogens (primary N) is 3. The van der Waals surface area contributed by atoms with Gasteiger partial charge in [0, 0.05) is 22.2 Å². The van der Waals surface area contributed by atoms with Crippen LogP contribution in [0.1, 0.15) is 61.3 Å². The van der Waals surface area contributed by atoms with E-state index in [1.807, 2.05) is 6.07 Å². The Kier molecular flexibility index (Phi) is 16.7. The van der Waals surface area contributed by atoms with E-state index in [1.54, 1.807) is 38.1 Å². The van der Waals surface area contributed by atoms with Crippen LogP contribution in [0.3, 0.4) is 0 Å². The van der Waals surface area contributed by atoms with Crippen LogP contribution in [0.25, 0.3) is 0 Å². The zero-order valence-corrected chi connectivity index (χ0v) is 25.1. The lowest BCUT2D eigenvalue weighted by Crippen LogP contribution is -2.57. The lowest BCUT2D eigenvalue weighted by Gasteiger charge is -2.24. The Morgan fingerprint density at radius 2 is 1.49 bits per heavy atom. The maximum atomic E-state index is 12.6. The lowest BCUT2D eigenvalue weighted by atomic mass is 9.99. The highest BCUT2D eigenvalue weighted by Gasteiger charge is 2.28. The number of nitrogens with one attached hydrogen (secondary N) is 4. The summed E-state index contributed by atoms with van der Waals surface area (Å²) in [6.07, 6.45) is 1.66. The molecule has 11 N–H and O–H groups in total. The van der Waals surface area contributed by atoms with Crippen LogP contribution in [-0.4, -0.2) is 83.8 Å². The Labute approximate surface area is 255 Å². The van der Waals surface area contributed by atoms with Gasteiger partial charge in [-0.1, -0.05) is 44.2 Å². The van der Waals surface area contributed by atoms with E-state index in [4.69, 9.17) is 17.2 Å². The standard InChI is InChI=1S/C29H47N7O7.2H2/c1-17(2)25(27(32)41)34-21(18(3)38)12-13-24(39)33-14-8-7-11-20(30)28(42)36-23(16-37)29(43)35-22(26(31)40)15-19-9-5-4-6-10-19;;/h4-6,9-10,17,20-23,25,34,37H,7-8,11-16,30H2,1-3H3,(H2,31,40)(H2,32,41)(H,33,39)(H,35,43)(H,36,42);2*1H/t20?,21?,22-,23-,25-;;/m0../s1. The number of carbonyl (C=O) groups excluding carboxylic acids is 6. The summed E-state index contributed by atoms with van der Waals surface area (Å²) in [5.41, 5.74) is 17.5. The summed E-state index contributed by atoms with van der Waals surface area (Å²) in [6, 6.07) is 4.20. The second-order valence-corrected chi connectivity index (χ2v) is 10.8. The SMILES string of the molecule is CC(=O)C(CCC(=O)NCCCCC(N)C(=O)N[C@@H](CO)C(=O)N[C@@H](Cc1ccccc1)C(N)=O)N[C@H](C(N)=O)C(C)C.[HH].[HH]. The van der Waals surface area contributed by atoms with Crippen LogP contribution in [-0.2, 0) is 35.2 Å². The number of benzene rings is 1. The van der Waals surface area contributed by atoms with Gasteiger partial charge in [-0.3, -0.25) is 34.1 Å². The molecule has 2 unspecified atom stereocenters. The molecular formula is C29H51N7O7. The number of amides is 5. The van der Waals surface area contributed by atoms with Crippen molar-refractivity contribution in [2.45, 2.75) is 89.5 Å². The van der Waals surface area contributed by atoms with E-state index < -0.39 is 60.4 Å². The quantitative estimate of drug-likeness (QED) is 0.0764. The van der Waals surface area contributed by atoms with Gasteiger partial charge in [-0.25, -0.2) is 0 Å². The summed E-state index contributed by atoms with van der Waals surface area (Å²) < 4.78 is 0. The van der Waals surface area contributed by atoms with Crippen molar-refractivity contribution in [2.24, 2.45) is 23.1 Å². The van der Waals surface area contributed by atoms with E-state index in [0.717, 1.165) is 5.56 Å². The number of hydrogen-bond donors (Lipinski definition) is 8. The number of ketones is 1. The first-order chi connectivity index (χ1) is 20.3. The van der Waals surface area contributed by atoms with Gasteiger partial charge in [0.25, 0.3) is 0 Å². The van der Waals surface area contributed by atoms with E-state index in [-0.39, 0.29) is 46.1 Å². The van der Waals surface area contributed by atoms with Crippen LogP contribution in [0.15, 0.2) is 30.3 Å². The van der Waals surface area contributed by atoms with Gasteiger partial charge in [0.15, 0.2) is 0 Å². The molecule has 0 saturated carbocycles. The molecule has 1 rings (SSSR count). The van der Waals surface area contributed by atoms with E-state index in [9.17, 15) is 33.9 Å². The van der Waals surface area contributed by atoms with Gasteiger partial charge in [0.05, 0.1) is 24.7 Å². The molecule has 1 aromatic carbocycles. The summed E-state index contributed by atoms with van der Waals surface area (Å²) in [4.78, 5) is 72.8. The van der Waals surface area contributed by atoms with Crippen LogP contribution in [0.4, 0.5) is 0 Å². The molecule has 0 aliphatic heterocycles. The molecule has 0 saturated heterocycles. The van der Waals surface area contributed by atoms with E-state index >= 15 is 0 Å². The average molecular weight is 610 g/mol. The Balaban J connectivity index is 0. The molecule has 14 nitrogen and oxygen atoms in total. The van der Waals surface area contributed by atoms with Crippen LogP contribution in [0.5, 0.6) is 0 Å². The van der Waals surface area contributed by atoms with E-state index in [2.05, 4.69) is 21.3 Å². The minimum absolute atomic E-state index is 0. The number of aliphatic hydroxyl groups is 1. The molecule has 0 heterocycles. The van der Waals surface area contributed by atoms with Crippen molar-refractivity contribution in [3.05, 3.63) is 35.9 Å². The minimum Gasteiger partial charge on any atom is -0.394 e. The molecule has 14 heteroatoms. The second-order valence-electron chi connectivity index (χ2n) is 10.8. The molecule has 1 aromatic rings. The number of aliphatic hydroxyl groups excluding tert-OH is 1. The Morgan fingerprint density at radius 1 is 0.860 bits per heavy atom. The number of Topliss-reactive ketones (excluding diaryl/α,β-unsaturated/α-hetero) is 1. The largest absolute Gasteiger partial charge is 0.394 e. The Bertz CT molecular complexity index is 1100. The predicted molar refractivity (Wildman–Crippen MR) is 164 cm³/mol. The Hall–Kier alpha value is -3.88. The van der Waals surface area contributed by atoms with Crippen molar-refractivity contribution in [3.8, 4) is 0 Å². The highest BCUT2D eigenvalue weighted by molar-refractivity contribution is 5.92. The van der Waals surface area contributed by atoms with Crippen LogP contribution >= 0.6 is 0 Å². The summed E-state index contributed by atoms with van der Waals surface area (Å²) >= 11 is 0. The number of hydrogen-bond acceptors (Lipinski definition) is 9. The number of unbranched alkanes of at least 4 members (excludes halogenated alkanes) is 1. The molecule has 43 heavy (non-hydrogen) atoms. The van der Waals surface area contributed by atoms with E-state index in [0.29, 0.717) is 19.4 Å². The summed E-state index contributed by atoms with van der Waals surface area (Å²) in [7, 11) is 0. The van der Waals surface area contributed by atoms with Gasteiger partial charge in [-0.2, -0.15) is 0 Å². The molecular weight excluding hydrogens is 558 g/mol. The molecule has 0 spiro atoms. The highest BCUT2D eigenvalue weighted by Crippen LogP contribution is 2.08. The molecule has 244 valence electrons. The van der Waals surface area contributed by atoms with Gasteiger partial charge in [-0.15, -0.1) is 0 Å². The molecule has 0 aliphatic rings. The van der Waals surface area contributed by atoms with Gasteiger partial charge in [0.2, 0.25) is 29.5 Å². The second kappa shape index (κ2) is 19.3. The van der Waals surface area contributed by atoms with Gasteiger partial charge >= 0.3 is 0 Å². The van der Waals surface area contributed by atoms with Gasteiger partial charge in [-0.05, 0) is 44.1 Å². The lowest BCUT2D eigenvalue weighted by molar-refractivity contribution is -0.132. The minimum atomic E-state index is -1.33. The predicted octanol–water partition coefficient (Wildman–Crippen LogP) is -1.38. The summed E-state index contributed by atoms with van der Waals surface area (Å²) in [5, 5.41) is 20.2. The maximum absolute atomic E-state index is 12.6. The highest BCUT2D eigenvalue weighted by atomic mass is 16.3. The fraction of sp³-hybridized carbons (Fsp3) is 0.586. The molecule has 0 aromatic heterocycles. The van der Waals surface area contributed by atoms with Crippen molar-refractivity contribution < 1.29 is 36.7 Å². The van der Waals surface area contributed by atoms with E-state index in [1.165, 1.54) is 6.92 Å². The average Bonchev–Trinajstić information content (AvgIpc) is 2.94. The zero-order chi connectivity index (χ0) is 32.5. The van der Waals surface area contributed by atoms with Crippen molar-refractivity contribution in [1.82, 2.24) is 21.3 Å². The molecule has 5 amide bonds. The normalized spacial score (nSPS) is 14.6. The van der Waals surface area contributed by atoms with Crippen molar-refractivity contribution in [3.63, 3.8) is 0 Å². The molecule has 0 radical (unpaired) electrons. The van der Waals surface area contributed by atoms with Crippen molar-refractivity contribution in [1.29, 1.82) is 0 Å². The molecule has 5 atom stereocenters. The van der Waals surface area contributed by atoms with Gasteiger partial charge in [0.1, 0.15) is 17.9 Å². The zero-order valence-electron chi connectivity index (χ0n) is 25.1. The smallest absolute Gasteiger partial charge is 0.245 e. The topological polar surface area (TPSA) is 249 Å². The molecule has 0 fully saturated rings. The summed E-state index contributed by atoms with van der Waals surface area (Å²) in [6.45, 7) is 4.59. The molecule has 0 bridgehead atoms. The number of carbonyl (C=O) groups is 6. The molecule has 0 aliphatic carbocycles. The fourth-order valence-electron chi connectivity index (χ4n) is 4.25. The van der Waals surface area contributed by atoms with Crippen LogP contribution < -0.4 is 38.5 Å². The number of primary amides is 2. The van der Waals surface area contributed by atoms with Crippen LogP contribution in [0, 0.1) is 5.92 Å². The third-order valence-electron chi connectivity index (χ3n) is 6.86. The third-order valence-corrected chi connectivity index (χ3v) is 6.86.